The lowest BCUT2D eigenvalue weighted by Crippen LogP contribution is -2.38. The van der Waals surface area contributed by atoms with E-state index in [0.717, 1.165) is 49.0 Å². The monoisotopic (exact) mass is 301 g/mol. The fourth-order valence-corrected chi connectivity index (χ4v) is 2.80. The van der Waals surface area contributed by atoms with Gasteiger partial charge in [0.1, 0.15) is 6.10 Å². The molecule has 0 amide bonds. The smallest absolute Gasteiger partial charge is 0.112 e. The number of hydrogen-bond donors (Lipinski definition) is 2. The molecule has 118 valence electrons. The Balaban J connectivity index is 1.73. The first-order valence-electron chi connectivity index (χ1n) is 7.65. The number of hydrogen-bond acceptors (Lipinski definition) is 5. The van der Waals surface area contributed by atoms with Crippen LogP contribution in [0, 0.1) is 13.8 Å². The summed E-state index contributed by atoms with van der Waals surface area (Å²) in [7, 11) is 1.92. The first-order chi connectivity index (χ1) is 10.7. The number of H-pyrrole nitrogens is 1. The molecule has 0 aliphatic carbocycles. The van der Waals surface area contributed by atoms with Crippen molar-refractivity contribution in [1.82, 2.24) is 20.1 Å². The van der Waals surface area contributed by atoms with Gasteiger partial charge in [-0.2, -0.15) is 5.10 Å². The van der Waals surface area contributed by atoms with Crippen molar-refractivity contribution in [3.8, 4) is 0 Å². The van der Waals surface area contributed by atoms with Crippen molar-refractivity contribution in [2.45, 2.75) is 26.5 Å². The van der Waals surface area contributed by atoms with Crippen LogP contribution in [-0.4, -0.2) is 46.8 Å². The molecule has 0 radical (unpaired) electrons. The number of nitrogens with one attached hydrogen (secondary N) is 2. The highest BCUT2D eigenvalue weighted by atomic mass is 16.5. The maximum atomic E-state index is 5.94. The largest absolute Gasteiger partial charge is 0.388 e. The van der Waals surface area contributed by atoms with Crippen LogP contribution in [0.15, 0.2) is 18.3 Å². The summed E-state index contributed by atoms with van der Waals surface area (Å²) >= 11 is 0. The average molecular weight is 301 g/mol. The van der Waals surface area contributed by atoms with Gasteiger partial charge in [-0.1, -0.05) is 0 Å². The van der Waals surface area contributed by atoms with Gasteiger partial charge in [0.15, 0.2) is 0 Å². The molecule has 6 heteroatoms. The van der Waals surface area contributed by atoms with E-state index in [0.29, 0.717) is 0 Å². The Morgan fingerprint density at radius 1 is 1.41 bits per heavy atom. The third kappa shape index (κ3) is 3.28. The standard InChI is InChI=1S/C16H23N5O/c1-11-6-14(17-3)7-15(19-11)16-10-21(4-5-22-16)9-13-8-18-20-12(13)2/h6-8,16H,4-5,9-10H2,1-3H3,(H,17,19)(H,18,20)/t16-/m0/s1. The van der Waals surface area contributed by atoms with Gasteiger partial charge in [-0.3, -0.25) is 15.0 Å². The molecule has 1 aliphatic heterocycles. The summed E-state index contributed by atoms with van der Waals surface area (Å²) in [5.74, 6) is 0. The molecule has 2 aromatic rings. The van der Waals surface area contributed by atoms with E-state index in [9.17, 15) is 0 Å². The minimum absolute atomic E-state index is 0.0213. The number of ether oxygens (including phenoxy) is 1. The van der Waals surface area contributed by atoms with E-state index < -0.39 is 0 Å². The fourth-order valence-electron chi connectivity index (χ4n) is 2.80. The summed E-state index contributed by atoms with van der Waals surface area (Å²) in [6.07, 6.45) is 1.93. The minimum atomic E-state index is 0.0213. The first kappa shape index (κ1) is 15.0. The highest BCUT2D eigenvalue weighted by Gasteiger charge is 2.24. The van der Waals surface area contributed by atoms with Gasteiger partial charge in [-0.05, 0) is 26.0 Å². The number of rotatable bonds is 4. The van der Waals surface area contributed by atoms with Gasteiger partial charge in [0.2, 0.25) is 0 Å². The SMILES string of the molecule is CNc1cc(C)nc([C@@H]2CN(Cc3cn[nH]c3C)CCO2)c1. The molecule has 6 nitrogen and oxygen atoms in total. The van der Waals surface area contributed by atoms with E-state index >= 15 is 0 Å². The Morgan fingerprint density at radius 2 is 2.27 bits per heavy atom. The van der Waals surface area contributed by atoms with E-state index in [4.69, 9.17) is 4.74 Å². The molecule has 1 aliphatic rings. The highest BCUT2D eigenvalue weighted by molar-refractivity contribution is 5.45. The van der Waals surface area contributed by atoms with Gasteiger partial charge in [0.05, 0.1) is 18.5 Å². The Kier molecular flexibility index (Phi) is 4.40. The van der Waals surface area contributed by atoms with Crippen LogP contribution in [0.25, 0.3) is 0 Å². The number of nitrogens with zero attached hydrogens (tertiary/aromatic N) is 3. The highest BCUT2D eigenvalue weighted by Crippen LogP contribution is 2.24. The van der Waals surface area contributed by atoms with Gasteiger partial charge in [-0.15, -0.1) is 0 Å². The van der Waals surface area contributed by atoms with Crippen molar-refractivity contribution < 1.29 is 4.74 Å². The van der Waals surface area contributed by atoms with Crippen LogP contribution >= 0.6 is 0 Å². The summed E-state index contributed by atoms with van der Waals surface area (Å²) in [5, 5.41) is 10.3. The van der Waals surface area contributed by atoms with Crippen molar-refractivity contribution in [2.75, 3.05) is 32.1 Å². The predicted molar refractivity (Wildman–Crippen MR) is 85.8 cm³/mol. The summed E-state index contributed by atoms with van der Waals surface area (Å²) in [6.45, 7) is 7.48. The molecule has 3 heterocycles. The number of anilines is 1. The molecule has 0 unspecified atom stereocenters. The zero-order valence-electron chi connectivity index (χ0n) is 13.4. The van der Waals surface area contributed by atoms with Crippen molar-refractivity contribution in [3.63, 3.8) is 0 Å². The molecule has 2 aromatic heterocycles. The van der Waals surface area contributed by atoms with Crippen LogP contribution in [-0.2, 0) is 11.3 Å². The molecule has 0 aromatic carbocycles. The second-order valence-corrected chi connectivity index (χ2v) is 5.79. The fraction of sp³-hybridized carbons (Fsp3) is 0.500. The van der Waals surface area contributed by atoms with Gasteiger partial charge >= 0.3 is 0 Å². The van der Waals surface area contributed by atoms with E-state index in [-0.39, 0.29) is 6.10 Å². The van der Waals surface area contributed by atoms with E-state index in [1.807, 2.05) is 26.2 Å². The lowest BCUT2D eigenvalue weighted by molar-refractivity contribution is -0.0350. The van der Waals surface area contributed by atoms with Gasteiger partial charge < -0.3 is 10.1 Å². The zero-order valence-corrected chi connectivity index (χ0v) is 13.4. The third-order valence-corrected chi connectivity index (χ3v) is 4.07. The summed E-state index contributed by atoms with van der Waals surface area (Å²) in [6, 6.07) is 4.11. The molecule has 0 spiro atoms. The topological polar surface area (TPSA) is 66.1 Å². The Hall–Kier alpha value is -1.92. The lowest BCUT2D eigenvalue weighted by Gasteiger charge is -2.32. The normalized spacial score (nSPS) is 19.3. The second kappa shape index (κ2) is 6.46. The van der Waals surface area contributed by atoms with Crippen LogP contribution in [0.2, 0.25) is 0 Å². The molecule has 3 rings (SSSR count). The lowest BCUT2D eigenvalue weighted by atomic mass is 10.1. The van der Waals surface area contributed by atoms with Crippen LogP contribution in [0.1, 0.15) is 28.7 Å². The van der Waals surface area contributed by atoms with Gasteiger partial charge in [0, 0.05) is 49.3 Å². The molecule has 0 bridgehead atoms. The Labute approximate surface area is 130 Å². The van der Waals surface area contributed by atoms with E-state index in [2.05, 4.69) is 38.4 Å². The Morgan fingerprint density at radius 3 is 3.00 bits per heavy atom. The molecule has 2 N–H and O–H groups in total. The molecule has 0 saturated carbocycles. The first-order valence-corrected chi connectivity index (χ1v) is 7.65. The van der Waals surface area contributed by atoms with Crippen molar-refractivity contribution in [1.29, 1.82) is 0 Å². The van der Waals surface area contributed by atoms with Crippen LogP contribution < -0.4 is 5.32 Å². The third-order valence-electron chi connectivity index (χ3n) is 4.07. The molecule has 1 saturated heterocycles. The van der Waals surface area contributed by atoms with Crippen LogP contribution in [0.3, 0.4) is 0 Å². The minimum Gasteiger partial charge on any atom is -0.388 e. The maximum absolute atomic E-state index is 5.94. The average Bonchev–Trinajstić information content (AvgIpc) is 2.92. The van der Waals surface area contributed by atoms with Gasteiger partial charge in [-0.25, -0.2) is 0 Å². The quantitative estimate of drug-likeness (QED) is 0.904. The molecule has 22 heavy (non-hydrogen) atoms. The Bertz CT molecular complexity index is 639. The van der Waals surface area contributed by atoms with Crippen molar-refractivity contribution in [3.05, 3.63) is 41.0 Å². The predicted octanol–water partition coefficient (Wildman–Crippen LogP) is 2.04. The zero-order chi connectivity index (χ0) is 15.5. The second-order valence-electron chi connectivity index (χ2n) is 5.79. The number of aryl methyl sites for hydroxylation is 2. The van der Waals surface area contributed by atoms with Crippen LogP contribution in [0.4, 0.5) is 5.69 Å². The molecule has 1 atom stereocenters. The van der Waals surface area contributed by atoms with Gasteiger partial charge in [0.25, 0.3) is 0 Å². The van der Waals surface area contributed by atoms with E-state index in [1.165, 1.54) is 5.56 Å². The summed E-state index contributed by atoms with van der Waals surface area (Å²) in [5.41, 5.74) is 5.46. The number of pyridine rings is 1. The molecule has 1 fully saturated rings. The van der Waals surface area contributed by atoms with Crippen LogP contribution in [0.5, 0.6) is 0 Å². The van der Waals surface area contributed by atoms with Crippen molar-refractivity contribution >= 4 is 5.69 Å². The van der Waals surface area contributed by atoms with Crippen molar-refractivity contribution in [2.24, 2.45) is 0 Å². The summed E-state index contributed by atoms with van der Waals surface area (Å²) < 4.78 is 5.94. The number of morpholine rings is 1. The number of aromatic amines is 1. The molecular formula is C16H23N5O. The maximum Gasteiger partial charge on any atom is 0.112 e. The summed E-state index contributed by atoms with van der Waals surface area (Å²) in [4.78, 5) is 7.04. The number of aromatic nitrogens is 3. The molecular weight excluding hydrogens is 278 g/mol. The van der Waals surface area contributed by atoms with E-state index in [1.54, 1.807) is 0 Å².